The maximum absolute atomic E-state index is 5.48. The van der Waals surface area contributed by atoms with E-state index in [-0.39, 0.29) is 0 Å². The molecule has 0 spiro atoms. The molecule has 6 nitrogen and oxygen atoms in total. The Morgan fingerprint density at radius 3 is 2.82 bits per heavy atom. The molecule has 5 heterocycles. The molecule has 0 unspecified atom stereocenters. The first kappa shape index (κ1) is 17.8. The van der Waals surface area contributed by atoms with Gasteiger partial charge in [-0.15, -0.1) is 22.7 Å². The number of hydrogen-bond acceptors (Lipinski definition) is 8. The molecule has 1 saturated heterocycles. The summed E-state index contributed by atoms with van der Waals surface area (Å²) in [6.07, 6.45) is 1.69. The quantitative estimate of drug-likeness (QED) is 0.505. The van der Waals surface area contributed by atoms with Crippen molar-refractivity contribution in [2.75, 3.05) is 31.6 Å². The Morgan fingerprint density at radius 2 is 2.04 bits per heavy atom. The standard InChI is InChI=1S/C20H20N4O2S2/c1-3-14(26-7-1)11-21-19-18-15(16-4-2-10-27-16)13-28-20(18)23-17(22-19)12-24-5-8-25-9-6-24/h1-4,7,10,13H,5-6,8-9,11-12H2,(H,21,22,23). The van der Waals surface area contributed by atoms with Crippen molar-refractivity contribution >= 4 is 38.7 Å². The Labute approximate surface area is 170 Å². The number of ether oxygens (including phenoxy) is 1. The van der Waals surface area contributed by atoms with Crippen LogP contribution in [0.2, 0.25) is 0 Å². The second kappa shape index (κ2) is 8.00. The van der Waals surface area contributed by atoms with E-state index < -0.39 is 0 Å². The lowest BCUT2D eigenvalue weighted by Gasteiger charge is -2.25. The fourth-order valence-electron chi connectivity index (χ4n) is 3.34. The van der Waals surface area contributed by atoms with E-state index in [1.165, 1.54) is 10.4 Å². The van der Waals surface area contributed by atoms with Crippen LogP contribution < -0.4 is 5.32 Å². The maximum atomic E-state index is 5.48. The molecule has 4 aromatic heterocycles. The molecule has 0 saturated carbocycles. The van der Waals surface area contributed by atoms with E-state index in [0.717, 1.165) is 60.5 Å². The van der Waals surface area contributed by atoms with E-state index in [9.17, 15) is 0 Å². The molecule has 0 atom stereocenters. The van der Waals surface area contributed by atoms with Crippen LogP contribution in [-0.2, 0) is 17.8 Å². The van der Waals surface area contributed by atoms with Crippen LogP contribution in [0, 0.1) is 0 Å². The number of nitrogens with one attached hydrogen (secondary N) is 1. The monoisotopic (exact) mass is 412 g/mol. The van der Waals surface area contributed by atoms with Gasteiger partial charge in [-0.25, -0.2) is 9.97 Å². The molecule has 144 valence electrons. The highest BCUT2D eigenvalue weighted by atomic mass is 32.1. The maximum Gasteiger partial charge on any atom is 0.146 e. The number of furan rings is 1. The average molecular weight is 413 g/mol. The average Bonchev–Trinajstić information content (AvgIpc) is 3.47. The Morgan fingerprint density at radius 1 is 1.11 bits per heavy atom. The van der Waals surface area contributed by atoms with Gasteiger partial charge in [0.2, 0.25) is 0 Å². The normalized spacial score (nSPS) is 15.3. The summed E-state index contributed by atoms with van der Waals surface area (Å²) in [7, 11) is 0. The van der Waals surface area contributed by atoms with E-state index in [2.05, 4.69) is 33.1 Å². The van der Waals surface area contributed by atoms with Crippen molar-refractivity contribution in [2.45, 2.75) is 13.1 Å². The van der Waals surface area contributed by atoms with Gasteiger partial charge >= 0.3 is 0 Å². The van der Waals surface area contributed by atoms with Crippen LogP contribution in [0.3, 0.4) is 0 Å². The van der Waals surface area contributed by atoms with E-state index in [1.54, 1.807) is 28.9 Å². The molecule has 0 aliphatic carbocycles. The third-order valence-electron chi connectivity index (χ3n) is 4.75. The number of aromatic nitrogens is 2. The second-order valence-corrected chi connectivity index (χ2v) is 8.42. The Hall–Kier alpha value is -2.26. The Balaban J connectivity index is 1.51. The van der Waals surface area contributed by atoms with E-state index >= 15 is 0 Å². The molecule has 0 amide bonds. The molecule has 0 aromatic carbocycles. The number of hydrogen-bond donors (Lipinski definition) is 1. The number of anilines is 1. The third-order valence-corrected chi connectivity index (χ3v) is 6.52. The molecule has 1 aliphatic heterocycles. The van der Waals surface area contributed by atoms with Crippen molar-refractivity contribution < 1.29 is 9.15 Å². The summed E-state index contributed by atoms with van der Waals surface area (Å²) in [5.74, 6) is 2.60. The van der Waals surface area contributed by atoms with Crippen LogP contribution in [0.15, 0.2) is 45.7 Å². The van der Waals surface area contributed by atoms with Crippen molar-refractivity contribution in [1.82, 2.24) is 14.9 Å². The fraction of sp³-hybridized carbons (Fsp3) is 0.300. The molecule has 5 rings (SSSR count). The third kappa shape index (κ3) is 3.68. The molecule has 28 heavy (non-hydrogen) atoms. The summed E-state index contributed by atoms with van der Waals surface area (Å²) in [4.78, 5) is 14.4. The molecule has 1 N–H and O–H groups in total. The number of morpholine rings is 1. The first-order valence-corrected chi connectivity index (χ1v) is 11.0. The zero-order chi connectivity index (χ0) is 18.8. The highest BCUT2D eigenvalue weighted by molar-refractivity contribution is 7.18. The number of thiophene rings is 2. The van der Waals surface area contributed by atoms with Crippen LogP contribution in [0.5, 0.6) is 0 Å². The van der Waals surface area contributed by atoms with Crippen molar-refractivity contribution in [3.05, 3.63) is 52.9 Å². The largest absolute Gasteiger partial charge is 0.467 e. The molecule has 0 bridgehead atoms. The van der Waals surface area contributed by atoms with Gasteiger partial charge in [0.1, 0.15) is 22.2 Å². The Kier molecular flexibility index (Phi) is 5.09. The molecule has 8 heteroatoms. The molecule has 4 aromatic rings. The minimum Gasteiger partial charge on any atom is -0.467 e. The summed E-state index contributed by atoms with van der Waals surface area (Å²) >= 11 is 3.41. The summed E-state index contributed by atoms with van der Waals surface area (Å²) in [5.41, 5.74) is 1.19. The lowest BCUT2D eigenvalue weighted by atomic mass is 10.2. The highest BCUT2D eigenvalue weighted by Gasteiger charge is 2.18. The van der Waals surface area contributed by atoms with E-state index in [1.807, 2.05) is 12.1 Å². The second-order valence-electron chi connectivity index (χ2n) is 6.62. The zero-order valence-corrected chi connectivity index (χ0v) is 16.9. The SMILES string of the molecule is c1coc(CNc2nc(CN3CCOCC3)nc3scc(-c4cccs4)c23)c1. The van der Waals surface area contributed by atoms with Gasteiger partial charge in [-0.2, -0.15) is 0 Å². The van der Waals surface area contributed by atoms with E-state index in [0.29, 0.717) is 6.54 Å². The van der Waals surface area contributed by atoms with Crippen LogP contribution in [-0.4, -0.2) is 41.2 Å². The van der Waals surface area contributed by atoms with Crippen molar-refractivity contribution in [1.29, 1.82) is 0 Å². The van der Waals surface area contributed by atoms with Gasteiger partial charge in [-0.3, -0.25) is 4.90 Å². The molecular weight excluding hydrogens is 392 g/mol. The minimum absolute atomic E-state index is 0.593. The lowest BCUT2D eigenvalue weighted by molar-refractivity contribution is 0.0331. The predicted octanol–water partition coefficient (Wildman–Crippen LogP) is 4.46. The molecular formula is C20H20N4O2S2. The van der Waals surface area contributed by atoms with Gasteiger partial charge in [0.05, 0.1) is 38.0 Å². The van der Waals surface area contributed by atoms with Crippen LogP contribution in [0.4, 0.5) is 5.82 Å². The van der Waals surface area contributed by atoms with Gasteiger partial charge in [-0.05, 0) is 23.6 Å². The topological polar surface area (TPSA) is 63.4 Å². The molecule has 1 aliphatic rings. The number of rotatable bonds is 6. The van der Waals surface area contributed by atoms with Crippen LogP contribution >= 0.6 is 22.7 Å². The molecule has 0 radical (unpaired) electrons. The van der Waals surface area contributed by atoms with Crippen LogP contribution in [0.25, 0.3) is 20.7 Å². The Bertz CT molecular complexity index is 1040. The fourth-order valence-corrected chi connectivity index (χ4v) is 5.12. The zero-order valence-electron chi connectivity index (χ0n) is 15.3. The predicted molar refractivity (Wildman–Crippen MR) is 113 cm³/mol. The highest BCUT2D eigenvalue weighted by Crippen LogP contribution is 2.39. The lowest BCUT2D eigenvalue weighted by Crippen LogP contribution is -2.36. The van der Waals surface area contributed by atoms with Crippen LogP contribution in [0.1, 0.15) is 11.6 Å². The summed E-state index contributed by atoms with van der Waals surface area (Å²) in [5, 5.41) is 8.85. The smallest absolute Gasteiger partial charge is 0.146 e. The van der Waals surface area contributed by atoms with Crippen molar-refractivity contribution in [2.24, 2.45) is 0 Å². The van der Waals surface area contributed by atoms with E-state index in [4.69, 9.17) is 19.1 Å². The summed E-state index contributed by atoms with van der Waals surface area (Å²) < 4.78 is 10.9. The van der Waals surface area contributed by atoms with Gasteiger partial charge in [0.25, 0.3) is 0 Å². The first-order chi connectivity index (χ1) is 13.9. The minimum atomic E-state index is 0.593. The van der Waals surface area contributed by atoms with Crippen molar-refractivity contribution in [3.8, 4) is 10.4 Å². The van der Waals surface area contributed by atoms with Gasteiger partial charge in [0.15, 0.2) is 0 Å². The van der Waals surface area contributed by atoms with Gasteiger partial charge in [0, 0.05) is 28.9 Å². The van der Waals surface area contributed by atoms with Gasteiger partial charge < -0.3 is 14.5 Å². The molecule has 1 fully saturated rings. The number of fused-ring (bicyclic) bond motifs is 1. The summed E-state index contributed by atoms with van der Waals surface area (Å²) in [6.45, 7) is 4.71. The van der Waals surface area contributed by atoms with Gasteiger partial charge in [-0.1, -0.05) is 6.07 Å². The summed E-state index contributed by atoms with van der Waals surface area (Å²) in [6, 6.07) is 8.09. The number of nitrogens with zero attached hydrogens (tertiary/aromatic N) is 3. The van der Waals surface area contributed by atoms with Crippen molar-refractivity contribution in [3.63, 3.8) is 0 Å². The first-order valence-electron chi connectivity index (χ1n) is 9.25.